The van der Waals surface area contributed by atoms with E-state index in [1.54, 1.807) is 0 Å². The summed E-state index contributed by atoms with van der Waals surface area (Å²) in [7, 11) is 1.99. The Hall–Kier alpha value is -1.85. The van der Waals surface area contributed by atoms with Gasteiger partial charge in [0, 0.05) is 55.9 Å². The molecule has 0 aliphatic carbocycles. The first kappa shape index (κ1) is 14.1. The predicted octanol–water partition coefficient (Wildman–Crippen LogP) is 1.24. The summed E-state index contributed by atoms with van der Waals surface area (Å²) < 4.78 is 7.34. The molecule has 1 aliphatic rings. The minimum Gasteiger partial charge on any atom is -0.379 e. The predicted molar refractivity (Wildman–Crippen MR) is 82.5 cm³/mol. The third-order valence-corrected chi connectivity index (χ3v) is 3.99. The van der Waals surface area contributed by atoms with Gasteiger partial charge in [0.2, 0.25) is 0 Å². The van der Waals surface area contributed by atoms with Gasteiger partial charge in [-0.3, -0.25) is 9.69 Å². The molecule has 2 aromatic rings. The van der Waals surface area contributed by atoms with Gasteiger partial charge in [0.25, 0.3) is 5.91 Å². The van der Waals surface area contributed by atoms with Crippen LogP contribution in [0.3, 0.4) is 0 Å². The van der Waals surface area contributed by atoms with Crippen LogP contribution in [0, 0.1) is 0 Å². The number of rotatable bonds is 4. The van der Waals surface area contributed by atoms with Crippen LogP contribution in [0.5, 0.6) is 0 Å². The third kappa shape index (κ3) is 3.09. The van der Waals surface area contributed by atoms with E-state index in [2.05, 4.69) is 10.2 Å². The molecule has 21 heavy (non-hydrogen) atoms. The smallest absolute Gasteiger partial charge is 0.252 e. The number of nitrogens with one attached hydrogen (secondary N) is 1. The number of carbonyl (C=O) groups excluding carboxylic acids is 1. The normalized spacial score (nSPS) is 16.2. The number of hydrogen-bond donors (Lipinski definition) is 1. The molecule has 2 heterocycles. The monoisotopic (exact) mass is 287 g/mol. The minimum atomic E-state index is 0.0000550. The van der Waals surface area contributed by atoms with Crippen LogP contribution in [0.25, 0.3) is 10.9 Å². The van der Waals surface area contributed by atoms with Crippen LogP contribution in [0.2, 0.25) is 0 Å². The van der Waals surface area contributed by atoms with Crippen molar-refractivity contribution in [3.63, 3.8) is 0 Å². The van der Waals surface area contributed by atoms with Crippen molar-refractivity contribution in [2.45, 2.75) is 0 Å². The summed E-state index contributed by atoms with van der Waals surface area (Å²) in [6.07, 6.45) is 1.98. The molecule has 0 unspecified atom stereocenters. The molecule has 3 rings (SSSR count). The average molecular weight is 287 g/mol. The van der Waals surface area contributed by atoms with E-state index >= 15 is 0 Å². The fourth-order valence-corrected chi connectivity index (χ4v) is 2.75. The van der Waals surface area contributed by atoms with Crippen LogP contribution in [-0.4, -0.2) is 54.8 Å². The van der Waals surface area contributed by atoms with Crippen LogP contribution in [0.1, 0.15) is 10.4 Å². The van der Waals surface area contributed by atoms with Gasteiger partial charge in [0.1, 0.15) is 0 Å². The van der Waals surface area contributed by atoms with E-state index in [0.717, 1.165) is 49.3 Å². The van der Waals surface area contributed by atoms with Gasteiger partial charge < -0.3 is 14.6 Å². The fraction of sp³-hybridized carbons (Fsp3) is 0.438. The Bertz CT molecular complexity index is 629. The number of aromatic nitrogens is 1. The Morgan fingerprint density at radius 3 is 2.90 bits per heavy atom. The van der Waals surface area contributed by atoms with Crippen molar-refractivity contribution in [2.24, 2.45) is 7.05 Å². The number of benzene rings is 1. The Morgan fingerprint density at radius 2 is 2.10 bits per heavy atom. The van der Waals surface area contributed by atoms with E-state index in [0.29, 0.717) is 6.54 Å². The van der Waals surface area contributed by atoms with Crippen molar-refractivity contribution >= 4 is 16.8 Å². The van der Waals surface area contributed by atoms with Crippen LogP contribution < -0.4 is 5.32 Å². The molecule has 5 nitrogen and oxygen atoms in total. The Labute approximate surface area is 124 Å². The summed E-state index contributed by atoms with van der Waals surface area (Å²) in [6, 6.07) is 7.83. The maximum atomic E-state index is 12.3. The highest BCUT2D eigenvalue weighted by atomic mass is 16.5. The number of morpholine rings is 1. The molecule has 1 aromatic heterocycles. The molecule has 0 spiro atoms. The van der Waals surface area contributed by atoms with Crippen LogP contribution in [-0.2, 0) is 11.8 Å². The molecule has 1 aromatic carbocycles. The maximum absolute atomic E-state index is 12.3. The number of ether oxygens (including phenoxy) is 1. The van der Waals surface area contributed by atoms with E-state index in [-0.39, 0.29) is 5.91 Å². The molecule has 1 aliphatic heterocycles. The molecule has 0 atom stereocenters. The van der Waals surface area contributed by atoms with E-state index in [9.17, 15) is 4.79 Å². The van der Waals surface area contributed by atoms with Crippen molar-refractivity contribution in [2.75, 3.05) is 39.4 Å². The van der Waals surface area contributed by atoms with Gasteiger partial charge in [-0.15, -0.1) is 0 Å². The highest BCUT2D eigenvalue weighted by molar-refractivity contribution is 6.06. The molecule has 1 fully saturated rings. The third-order valence-electron chi connectivity index (χ3n) is 3.99. The van der Waals surface area contributed by atoms with Crippen LogP contribution >= 0.6 is 0 Å². The Kier molecular flexibility index (Phi) is 4.22. The average Bonchev–Trinajstić information content (AvgIpc) is 2.90. The second kappa shape index (κ2) is 6.28. The lowest BCUT2D eigenvalue weighted by Gasteiger charge is -2.26. The van der Waals surface area contributed by atoms with Crippen molar-refractivity contribution in [1.82, 2.24) is 14.8 Å². The highest BCUT2D eigenvalue weighted by Gasteiger charge is 2.13. The number of nitrogens with zero attached hydrogens (tertiary/aromatic N) is 2. The molecule has 0 radical (unpaired) electrons. The number of fused-ring (bicyclic) bond motifs is 1. The quantitative estimate of drug-likeness (QED) is 0.920. The summed E-state index contributed by atoms with van der Waals surface area (Å²) in [6.45, 7) is 5.02. The first-order chi connectivity index (χ1) is 10.3. The number of amides is 1. The summed E-state index contributed by atoms with van der Waals surface area (Å²) in [5.41, 5.74) is 1.82. The van der Waals surface area contributed by atoms with Crippen molar-refractivity contribution in [3.05, 3.63) is 36.0 Å². The molecule has 112 valence electrons. The molecule has 5 heteroatoms. The standard InChI is InChI=1S/C16H21N3O2/c1-18-7-5-13-14(3-2-4-15(13)18)16(20)17-6-8-19-9-11-21-12-10-19/h2-5,7H,6,8-12H2,1H3,(H,17,20). The summed E-state index contributed by atoms with van der Waals surface area (Å²) in [5, 5.41) is 4.02. The first-order valence-corrected chi connectivity index (χ1v) is 7.38. The van der Waals surface area contributed by atoms with Crippen LogP contribution in [0.15, 0.2) is 30.5 Å². The zero-order valence-corrected chi connectivity index (χ0v) is 12.3. The second-order valence-corrected chi connectivity index (χ2v) is 5.37. The molecular formula is C16H21N3O2. The largest absolute Gasteiger partial charge is 0.379 e. The lowest BCUT2D eigenvalue weighted by atomic mass is 10.1. The van der Waals surface area contributed by atoms with Crippen molar-refractivity contribution < 1.29 is 9.53 Å². The molecule has 0 saturated carbocycles. The molecule has 1 N–H and O–H groups in total. The van der Waals surface area contributed by atoms with Gasteiger partial charge in [0.05, 0.1) is 13.2 Å². The van der Waals surface area contributed by atoms with Gasteiger partial charge in [-0.25, -0.2) is 0 Å². The summed E-state index contributed by atoms with van der Waals surface area (Å²) in [4.78, 5) is 14.7. The lowest BCUT2D eigenvalue weighted by molar-refractivity contribution is 0.0383. The van der Waals surface area contributed by atoms with Gasteiger partial charge in [-0.1, -0.05) is 6.07 Å². The highest BCUT2D eigenvalue weighted by Crippen LogP contribution is 2.19. The SMILES string of the molecule is Cn1ccc2c(C(=O)NCCN3CCOCC3)cccc21. The van der Waals surface area contributed by atoms with Crippen molar-refractivity contribution in [1.29, 1.82) is 0 Å². The van der Waals surface area contributed by atoms with Gasteiger partial charge in [0.15, 0.2) is 0 Å². The second-order valence-electron chi connectivity index (χ2n) is 5.37. The van der Waals surface area contributed by atoms with Crippen molar-refractivity contribution in [3.8, 4) is 0 Å². The van der Waals surface area contributed by atoms with E-state index < -0.39 is 0 Å². The summed E-state index contributed by atoms with van der Waals surface area (Å²) in [5.74, 6) is 0.0000550. The maximum Gasteiger partial charge on any atom is 0.252 e. The van der Waals surface area contributed by atoms with E-state index in [1.807, 2.05) is 42.1 Å². The first-order valence-electron chi connectivity index (χ1n) is 7.38. The zero-order chi connectivity index (χ0) is 14.7. The number of hydrogen-bond acceptors (Lipinski definition) is 3. The van der Waals surface area contributed by atoms with Gasteiger partial charge in [-0.05, 0) is 18.2 Å². The summed E-state index contributed by atoms with van der Waals surface area (Å²) >= 11 is 0. The topological polar surface area (TPSA) is 46.5 Å². The number of carbonyl (C=O) groups is 1. The molecular weight excluding hydrogens is 266 g/mol. The number of aryl methyl sites for hydroxylation is 1. The Balaban J connectivity index is 1.61. The van der Waals surface area contributed by atoms with E-state index in [1.165, 1.54) is 0 Å². The molecule has 1 amide bonds. The molecule has 1 saturated heterocycles. The van der Waals surface area contributed by atoms with Crippen LogP contribution in [0.4, 0.5) is 0 Å². The zero-order valence-electron chi connectivity index (χ0n) is 12.3. The van der Waals surface area contributed by atoms with Gasteiger partial charge in [-0.2, -0.15) is 0 Å². The van der Waals surface area contributed by atoms with Gasteiger partial charge >= 0.3 is 0 Å². The molecule has 0 bridgehead atoms. The minimum absolute atomic E-state index is 0.0000550. The lowest BCUT2D eigenvalue weighted by Crippen LogP contribution is -2.41. The Morgan fingerprint density at radius 1 is 1.29 bits per heavy atom. The fourth-order valence-electron chi connectivity index (χ4n) is 2.75. The van der Waals surface area contributed by atoms with E-state index in [4.69, 9.17) is 4.74 Å².